The molecule has 112 valence electrons. The maximum atomic E-state index is 13.0. The lowest BCUT2D eigenvalue weighted by Crippen LogP contribution is -2.30. The number of thiophene rings is 1. The molecule has 7 heteroatoms. The van der Waals surface area contributed by atoms with Crippen LogP contribution in [0, 0.1) is 0 Å². The van der Waals surface area contributed by atoms with E-state index in [-0.39, 0.29) is 6.04 Å². The van der Waals surface area contributed by atoms with Crippen molar-refractivity contribution in [2.24, 2.45) is 0 Å². The van der Waals surface area contributed by atoms with E-state index in [4.69, 9.17) is 0 Å². The Labute approximate surface area is 145 Å². The van der Waals surface area contributed by atoms with Crippen LogP contribution in [-0.2, 0) is 10.0 Å². The van der Waals surface area contributed by atoms with Gasteiger partial charge in [-0.05, 0) is 58.4 Å². The molecular weight excluding hydrogens is 438 g/mol. The first-order chi connectivity index (χ1) is 10.00. The number of hydrogen-bond donors (Lipinski definition) is 0. The number of benzene rings is 1. The van der Waals surface area contributed by atoms with E-state index in [1.54, 1.807) is 27.8 Å². The fourth-order valence-electron chi connectivity index (χ4n) is 2.59. The zero-order valence-corrected chi connectivity index (χ0v) is 15.8. The van der Waals surface area contributed by atoms with Gasteiger partial charge in [0, 0.05) is 20.4 Å². The van der Waals surface area contributed by atoms with E-state index >= 15 is 0 Å². The summed E-state index contributed by atoms with van der Waals surface area (Å²) in [6.45, 7) is 0.573. The average Bonchev–Trinajstić information content (AvgIpc) is 3.10. The zero-order chi connectivity index (χ0) is 15.0. The van der Waals surface area contributed by atoms with Crippen LogP contribution in [-0.4, -0.2) is 19.3 Å². The van der Waals surface area contributed by atoms with Gasteiger partial charge in [0.25, 0.3) is 0 Å². The highest BCUT2D eigenvalue weighted by Crippen LogP contribution is 2.40. The third kappa shape index (κ3) is 2.99. The van der Waals surface area contributed by atoms with Gasteiger partial charge in [0.2, 0.25) is 10.0 Å². The van der Waals surface area contributed by atoms with Gasteiger partial charge in [-0.15, -0.1) is 11.3 Å². The van der Waals surface area contributed by atoms with Crippen molar-refractivity contribution in [3.63, 3.8) is 0 Å². The molecule has 0 amide bonds. The molecule has 2 aromatic rings. The number of rotatable bonds is 3. The molecule has 0 spiro atoms. The summed E-state index contributed by atoms with van der Waals surface area (Å²) in [5.74, 6) is 0. The molecule has 1 aromatic heterocycles. The largest absolute Gasteiger partial charge is 0.244 e. The van der Waals surface area contributed by atoms with E-state index in [1.807, 2.05) is 23.6 Å². The quantitative estimate of drug-likeness (QED) is 0.673. The fourth-order valence-corrected chi connectivity index (χ4v) is 6.67. The van der Waals surface area contributed by atoms with Gasteiger partial charge in [-0.3, -0.25) is 0 Å². The molecule has 0 saturated carbocycles. The number of nitrogens with zero attached hydrogens (tertiary/aromatic N) is 1. The van der Waals surface area contributed by atoms with Crippen molar-refractivity contribution >= 4 is 53.2 Å². The Kier molecular flexibility index (Phi) is 4.57. The van der Waals surface area contributed by atoms with Crippen LogP contribution < -0.4 is 0 Å². The van der Waals surface area contributed by atoms with Gasteiger partial charge in [0.15, 0.2) is 0 Å². The van der Waals surface area contributed by atoms with Crippen LogP contribution in [0.3, 0.4) is 0 Å². The van der Waals surface area contributed by atoms with Crippen LogP contribution in [0.4, 0.5) is 0 Å². The van der Waals surface area contributed by atoms with Gasteiger partial charge in [0.05, 0.1) is 10.9 Å². The van der Waals surface area contributed by atoms with Crippen molar-refractivity contribution < 1.29 is 8.42 Å². The van der Waals surface area contributed by atoms with Gasteiger partial charge < -0.3 is 0 Å². The molecule has 1 aliphatic rings. The molecule has 0 bridgehead atoms. The first-order valence-electron chi connectivity index (χ1n) is 6.50. The smallest absolute Gasteiger partial charge is 0.207 e. The number of halogens is 2. The second-order valence-corrected chi connectivity index (χ2v) is 9.47. The van der Waals surface area contributed by atoms with Crippen molar-refractivity contribution in [2.45, 2.75) is 23.8 Å². The van der Waals surface area contributed by atoms with Crippen LogP contribution >= 0.6 is 43.2 Å². The molecule has 3 nitrogen and oxygen atoms in total. The first kappa shape index (κ1) is 15.7. The van der Waals surface area contributed by atoms with E-state index in [0.717, 1.165) is 22.2 Å². The van der Waals surface area contributed by atoms with Gasteiger partial charge >= 0.3 is 0 Å². The van der Waals surface area contributed by atoms with Gasteiger partial charge in [0.1, 0.15) is 0 Å². The molecule has 3 rings (SSSR count). The molecular formula is C14H13Br2NO2S2. The van der Waals surface area contributed by atoms with Crippen molar-refractivity contribution in [2.75, 3.05) is 6.54 Å². The average molecular weight is 451 g/mol. The number of sulfonamides is 1. The molecule has 1 unspecified atom stereocenters. The topological polar surface area (TPSA) is 37.4 Å². The molecule has 0 aliphatic carbocycles. The molecule has 1 saturated heterocycles. The van der Waals surface area contributed by atoms with Crippen LogP contribution in [0.15, 0.2) is 49.6 Å². The second kappa shape index (κ2) is 6.12. The molecule has 0 radical (unpaired) electrons. The summed E-state index contributed by atoms with van der Waals surface area (Å²) in [5.41, 5.74) is 0. The predicted molar refractivity (Wildman–Crippen MR) is 92.0 cm³/mol. The van der Waals surface area contributed by atoms with Crippen LogP contribution in [0.5, 0.6) is 0 Å². The van der Waals surface area contributed by atoms with E-state index in [2.05, 4.69) is 31.9 Å². The maximum absolute atomic E-state index is 13.0. The minimum absolute atomic E-state index is 0.0409. The van der Waals surface area contributed by atoms with E-state index in [0.29, 0.717) is 15.9 Å². The predicted octanol–water partition coefficient (Wildman–Crippen LogP) is 4.80. The Hall–Kier alpha value is -0.210. The summed E-state index contributed by atoms with van der Waals surface area (Å²) in [4.78, 5) is 1.43. The Morgan fingerprint density at radius 2 is 2.05 bits per heavy atom. The van der Waals surface area contributed by atoms with E-state index in [1.165, 1.54) is 0 Å². The third-order valence-corrected chi connectivity index (χ3v) is 7.92. The highest BCUT2D eigenvalue weighted by atomic mass is 79.9. The summed E-state index contributed by atoms with van der Waals surface area (Å²) >= 11 is 8.32. The molecule has 1 fully saturated rings. The third-order valence-electron chi connectivity index (χ3n) is 3.56. The fraction of sp³-hybridized carbons (Fsp3) is 0.286. The van der Waals surface area contributed by atoms with Crippen molar-refractivity contribution in [1.29, 1.82) is 0 Å². The molecule has 2 heterocycles. The van der Waals surface area contributed by atoms with Crippen LogP contribution in [0.25, 0.3) is 0 Å². The molecule has 21 heavy (non-hydrogen) atoms. The molecule has 1 aliphatic heterocycles. The zero-order valence-electron chi connectivity index (χ0n) is 11.0. The Morgan fingerprint density at radius 1 is 1.24 bits per heavy atom. The minimum Gasteiger partial charge on any atom is -0.207 e. The number of hydrogen-bond acceptors (Lipinski definition) is 3. The summed E-state index contributed by atoms with van der Waals surface area (Å²) in [7, 11) is -3.50. The van der Waals surface area contributed by atoms with Crippen LogP contribution in [0.1, 0.15) is 23.8 Å². The van der Waals surface area contributed by atoms with Crippen molar-refractivity contribution in [1.82, 2.24) is 4.31 Å². The van der Waals surface area contributed by atoms with Gasteiger partial charge in [-0.2, -0.15) is 4.31 Å². The molecule has 1 atom stereocenters. The van der Waals surface area contributed by atoms with E-state index in [9.17, 15) is 8.42 Å². The summed E-state index contributed by atoms with van der Waals surface area (Å²) in [6, 6.07) is 9.18. The van der Waals surface area contributed by atoms with Crippen molar-refractivity contribution in [3.05, 3.63) is 49.5 Å². The lowest BCUT2D eigenvalue weighted by atomic mass is 10.2. The Balaban J connectivity index is 2.03. The van der Waals surface area contributed by atoms with E-state index < -0.39 is 10.0 Å². The monoisotopic (exact) mass is 449 g/mol. The van der Waals surface area contributed by atoms with Gasteiger partial charge in [-0.25, -0.2) is 8.42 Å². The lowest BCUT2D eigenvalue weighted by Gasteiger charge is -2.24. The maximum Gasteiger partial charge on any atom is 0.244 e. The highest BCUT2D eigenvalue weighted by molar-refractivity contribution is 9.11. The standard InChI is InChI=1S/C14H13Br2NO2S2/c15-10-5-6-11(16)14(9-10)21(18,19)17-7-1-3-12(17)13-4-2-8-20-13/h2,4-6,8-9,12H,1,3,7H2. The minimum atomic E-state index is -3.50. The lowest BCUT2D eigenvalue weighted by molar-refractivity contribution is 0.400. The SMILES string of the molecule is O=S(=O)(c1cc(Br)ccc1Br)N1CCCC1c1cccs1. The Morgan fingerprint density at radius 3 is 2.76 bits per heavy atom. The van der Waals surface area contributed by atoms with Crippen LogP contribution in [0.2, 0.25) is 0 Å². The highest BCUT2D eigenvalue weighted by Gasteiger charge is 2.37. The normalized spacial score (nSPS) is 20.0. The molecule has 0 N–H and O–H groups in total. The molecule has 1 aromatic carbocycles. The summed E-state index contributed by atoms with van der Waals surface area (Å²) in [6.07, 6.45) is 1.78. The summed E-state index contributed by atoms with van der Waals surface area (Å²) in [5, 5.41) is 1.99. The second-order valence-electron chi connectivity index (χ2n) is 4.86. The van der Waals surface area contributed by atoms with Crippen molar-refractivity contribution in [3.8, 4) is 0 Å². The summed E-state index contributed by atoms with van der Waals surface area (Å²) < 4.78 is 29.0. The Bertz CT molecular complexity index is 744. The first-order valence-corrected chi connectivity index (χ1v) is 10.4. The van der Waals surface area contributed by atoms with Gasteiger partial charge in [-0.1, -0.05) is 22.0 Å².